The van der Waals surface area contributed by atoms with Crippen molar-refractivity contribution in [3.05, 3.63) is 36.0 Å². The number of H-pyrrole nitrogens is 1. The van der Waals surface area contributed by atoms with E-state index in [4.69, 9.17) is 22.3 Å². The molecule has 1 aromatic heterocycles. The van der Waals surface area contributed by atoms with Crippen LogP contribution < -0.4 is 22.5 Å². The molecule has 1 aliphatic carbocycles. The average Bonchev–Trinajstić information content (AvgIpc) is 3.39. The molecule has 1 heterocycles. The molecule has 210 valence electrons. The van der Waals surface area contributed by atoms with Gasteiger partial charge in [0.15, 0.2) is 5.96 Å². The number of guanidine groups is 1. The van der Waals surface area contributed by atoms with Gasteiger partial charge in [0.05, 0.1) is 18.1 Å². The Morgan fingerprint density at radius 2 is 1.79 bits per heavy atom. The lowest BCUT2D eigenvalue weighted by molar-refractivity contribution is -0.145. The van der Waals surface area contributed by atoms with Crippen LogP contribution in [0.4, 0.5) is 0 Å². The molecule has 0 radical (unpaired) electrons. The number of benzene rings is 1. The molecule has 6 atom stereocenters. The number of carbonyl (C=O) groups excluding carboxylic acids is 1. The number of hydrogen-bond acceptors (Lipinski definition) is 6. The van der Waals surface area contributed by atoms with Gasteiger partial charge in [0.2, 0.25) is 5.91 Å². The number of carboxylic acids is 2. The normalized spacial score (nSPS) is 22.3. The largest absolute Gasteiger partial charge is 0.481 e. The Morgan fingerprint density at radius 3 is 2.32 bits per heavy atom. The summed E-state index contributed by atoms with van der Waals surface area (Å²) in [4.78, 5) is 40.8. The summed E-state index contributed by atoms with van der Waals surface area (Å²) in [6.07, 6.45) is 2.77. The number of nitrogens with one attached hydrogen (secondary N) is 2. The zero-order chi connectivity index (χ0) is 28.6. The van der Waals surface area contributed by atoms with E-state index in [0.29, 0.717) is 6.42 Å². The second-order valence-corrected chi connectivity index (χ2v) is 9.68. The van der Waals surface area contributed by atoms with Crippen molar-refractivity contribution in [3.8, 4) is 0 Å². The van der Waals surface area contributed by atoms with E-state index in [-0.39, 0.29) is 30.2 Å². The first-order valence-electron chi connectivity index (χ1n) is 12.7. The van der Waals surface area contributed by atoms with Gasteiger partial charge in [-0.25, -0.2) is 4.99 Å². The molecule has 38 heavy (non-hydrogen) atoms. The predicted molar refractivity (Wildman–Crippen MR) is 144 cm³/mol. The fourth-order valence-electron chi connectivity index (χ4n) is 5.27. The molecule has 1 fully saturated rings. The van der Waals surface area contributed by atoms with Crippen LogP contribution in [0.15, 0.2) is 35.5 Å². The van der Waals surface area contributed by atoms with Crippen molar-refractivity contribution in [2.45, 2.75) is 70.7 Å². The molecule has 0 bridgehead atoms. The van der Waals surface area contributed by atoms with Crippen LogP contribution in [-0.2, 0) is 20.8 Å². The zero-order valence-corrected chi connectivity index (χ0v) is 22.0. The smallest absolute Gasteiger partial charge is 0.320 e. The summed E-state index contributed by atoms with van der Waals surface area (Å²) in [5.74, 6) is -3.81. The standard InChI is InChI=1S/C15H28N4O4.C11H12N2O2/c1-4-8(5-2)12(18-7(3)20)11-10(19-15(16)17)6-9(13(11)21)14(22)23;12-9(11(14)15)5-7-6-13-10-4-2-1-3-8(7)10/h8-13,21H,4-6H2,1-3H3,(H,18,20)(H,22,23)(H4,16,17,19);1-4,6,9,13H,5,12H2,(H,14,15)/t9-,10+,11+,12-,13+;/m0./s1. The number of carboxylic acid groups (broad SMARTS) is 2. The van der Waals surface area contributed by atoms with E-state index in [2.05, 4.69) is 15.3 Å². The number of para-hydroxylation sites is 1. The van der Waals surface area contributed by atoms with Crippen LogP contribution in [0.3, 0.4) is 0 Å². The number of aliphatic hydroxyl groups excluding tert-OH is 1. The average molecular weight is 533 g/mol. The lowest BCUT2D eigenvalue weighted by atomic mass is 9.80. The molecule has 1 amide bonds. The number of aliphatic carboxylic acids is 2. The number of aromatic amines is 1. The van der Waals surface area contributed by atoms with E-state index in [0.717, 1.165) is 29.3 Å². The summed E-state index contributed by atoms with van der Waals surface area (Å²) < 4.78 is 0. The maximum absolute atomic E-state index is 11.6. The van der Waals surface area contributed by atoms with Gasteiger partial charge in [-0.15, -0.1) is 0 Å². The Labute approximate surface area is 221 Å². The second kappa shape index (κ2) is 13.8. The predicted octanol–water partition coefficient (Wildman–Crippen LogP) is 0.773. The molecule has 11 N–H and O–H groups in total. The number of carbonyl (C=O) groups is 3. The number of amides is 1. The molecule has 1 unspecified atom stereocenters. The van der Waals surface area contributed by atoms with Gasteiger partial charge in [0.1, 0.15) is 6.04 Å². The quantitative estimate of drug-likeness (QED) is 0.159. The topological polar surface area (TPSA) is 230 Å². The number of aliphatic hydroxyl groups is 1. The highest BCUT2D eigenvalue weighted by molar-refractivity contribution is 5.84. The van der Waals surface area contributed by atoms with Gasteiger partial charge in [-0.2, -0.15) is 0 Å². The molecule has 1 aliphatic rings. The van der Waals surface area contributed by atoms with Crippen molar-refractivity contribution in [2.75, 3.05) is 0 Å². The Kier molecular flexibility index (Phi) is 11.1. The second-order valence-electron chi connectivity index (χ2n) is 9.68. The summed E-state index contributed by atoms with van der Waals surface area (Å²) in [5, 5.41) is 32.5. The van der Waals surface area contributed by atoms with Gasteiger partial charge in [-0.1, -0.05) is 44.9 Å². The minimum absolute atomic E-state index is 0.0998. The fourth-order valence-corrected chi connectivity index (χ4v) is 5.27. The van der Waals surface area contributed by atoms with E-state index in [1.807, 2.05) is 44.3 Å². The van der Waals surface area contributed by atoms with Crippen LogP contribution >= 0.6 is 0 Å². The van der Waals surface area contributed by atoms with E-state index in [1.165, 1.54) is 6.92 Å². The van der Waals surface area contributed by atoms with Crippen molar-refractivity contribution in [2.24, 2.45) is 39.9 Å². The minimum Gasteiger partial charge on any atom is -0.481 e. The first-order chi connectivity index (χ1) is 17.9. The van der Waals surface area contributed by atoms with Gasteiger partial charge in [-0.05, 0) is 24.0 Å². The maximum atomic E-state index is 11.6. The van der Waals surface area contributed by atoms with Gasteiger partial charge in [-0.3, -0.25) is 14.4 Å². The minimum atomic E-state index is -1.11. The summed E-state index contributed by atoms with van der Waals surface area (Å²) >= 11 is 0. The van der Waals surface area contributed by atoms with Crippen molar-refractivity contribution in [1.29, 1.82) is 0 Å². The van der Waals surface area contributed by atoms with Crippen LogP contribution in [0.5, 0.6) is 0 Å². The van der Waals surface area contributed by atoms with Crippen molar-refractivity contribution < 1.29 is 29.7 Å². The molecule has 12 heteroatoms. The van der Waals surface area contributed by atoms with E-state index in [9.17, 15) is 24.6 Å². The number of aromatic nitrogens is 1. The fraction of sp³-hybridized carbons (Fsp3) is 0.538. The third-order valence-electron chi connectivity index (χ3n) is 7.15. The van der Waals surface area contributed by atoms with E-state index in [1.54, 1.807) is 0 Å². The summed E-state index contributed by atoms with van der Waals surface area (Å²) in [6.45, 7) is 5.39. The van der Waals surface area contributed by atoms with Crippen LogP contribution in [0.1, 0.15) is 45.6 Å². The molecule has 1 saturated carbocycles. The highest BCUT2D eigenvalue weighted by Crippen LogP contribution is 2.39. The maximum Gasteiger partial charge on any atom is 0.320 e. The van der Waals surface area contributed by atoms with Gasteiger partial charge in [0, 0.05) is 42.4 Å². The van der Waals surface area contributed by atoms with Gasteiger partial charge in [0.25, 0.3) is 0 Å². The Hall–Kier alpha value is -3.64. The number of hydrogen-bond donors (Lipinski definition) is 8. The molecule has 0 aliphatic heterocycles. The number of aliphatic imine (C=N–C) groups is 1. The van der Waals surface area contributed by atoms with Gasteiger partial charge >= 0.3 is 11.9 Å². The van der Waals surface area contributed by atoms with E-state index >= 15 is 0 Å². The van der Waals surface area contributed by atoms with Crippen LogP contribution in [0.25, 0.3) is 10.9 Å². The lowest BCUT2D eigenvalue weighted by Gasteiger charge is -2.35. The Bertz CT molecular complexity index is 1130. The van der Waals surface area contributed by atoms with Crippen molar-refractivity contribution in [1.82, 2.24) is 10.3 Å². The van der Waals surface area contributed by atoms with Crippen LogP contribution in [0.2, 0.25) is 0 Å². The summed E-state index contributed by atoms with van der Waals surface area (Å²) in [6, 6.07) is 6.00. The monoisotopic (exact) mass is 532 g/mol. The first kappa shape index (κ1) is 30.6. The Morgan fingerprint density at radius 1 is 1.16 bits per heavy atom. The molecule has 0 spiro atoms. The first-order valence-corrected chi connectivity index (χ1v) is 12.7. The SMILES string of the molecule is CCC(CC)[C@H](NC(C)=O)[C@@H]1[C@H](O)[C@@H](C(=O)O)C[C@H]1N=C(N)N.NC(Cc1c[nH]c2ccccc12)C(=O)O. The number of nitrogens with two attached hydrogens (primary N) is 3. The molecule has 1 aromatic carbocycles. The third kappa shape index (κ3) is 7.68. The molecular weight excluding hydrogens is 492 g/mol. The lowest BCUT2D eigenvalue weighted by Crippen LogP contribution is -2.51. The Balaban J connectivity index is 0.000000290. The molecule has 2 aromatic rings. The van der Waals surface area contributed by atoms with E-state index < -0.39 is 42.0 Å². The highest BCUT2D eigenvalue weighted by Gasteiger charge is 2.50. The van der Waals surface area contributed by atoms with Crippen molar-refractivity contribution in [3.63, 3.8) is 0 Å². The van der Waals surface area contributed by atoms with Crippen molar-refractivity contribution >= 4 is 34.7 Å². The number of rotatable bonds is 10. The van der Waals surface area contributed by atoms with Crippen LogP contribution in [-0.4, -0.2) is 68.3 Å². The zero-order valence-electron chi connectivity index (χ0n) is 22.0. The van der Waals surface area contributed by atoms with Gasteiger partial charge < -0.3 is 42.8 Å². The summed E-state index contributed by atoms with van der Waals surface area (Å²) in [5.41, 5.74) is 18.3. The summed E-state index contributed by atoms with van der Waals surface area (Å²) in [7, 11) is 0. The molecular formula is C26H40N6O6. The third-order valence-corrected chi connectivity index (χ3v) is 7.15. The highest BCUT2D eigenvalue weighted by atomic mass is 16.4. The number of nitrogens with zero attached hydrogens (tertiary/aromatic N) is 1. The number of fused-ring (bicyclic) bond motifs is 1. The molecule has 12 nitrogen and oxygen atoms in total. The molecule has 3 rings (SSSR count). The van der Waals surface area contributed by atoms with Crippen LogP contribution in [0, 0.1) is 17.8 Å². The molecule has 0 saturated heterocycles.